The molecule has 30 heavy (non-hydrogen) atoms. The van der Waals surface area contributed by atoms with E-state index in [9.17, 15) is 27.2 Å². The number of nitriles is 1. The third-order valence-corrected chi connectivity index (χ3v) is 5.35. The molecule has 1 spiro atoms. The van der Waals surface area contributed by atoms with E-state index in [0.29, 0.717) is 18.4 Å². The highest BCUT2D eigenvalue weighted by Crippen LogP contribution is 2.53. The Morgan fingerprint density at radius 2 is 2.03 bits per heavy atom. The number of carbonyl (C=O) groups excluding carboxylic acids is 2. The highest BCUT2D eigenvalue weighted by Gasteiger charge is 2.52. The highest BCUT2D eigenvalue weighted by molar-refractivity contribution is 6.01. The normalized spacial score (nSPS) is 16.8. The number of anilines is 1. The van der Waals surface area contributed by atoms with E-state index in [1.165, 1.54) is 4.90 Å². The van der Waals surface area contributed by atoms with Gasteiger partial charge < -0.3 is 10.2 Å². The van der Waals surface area contributed by atoms with Crippen molar-refractivity contribution in [3.05, 3.63) is 58.5 Å². The standard InChI is InChI=1S/C20H14F4N4O2/c21-15-5-11(7-25)8-26-17(15)27-16(29)9-28-10-19(3-4-19)14-6-12(20(22,23)24)1-2-13(14)18(28)30/h1-2,5-6,8H,3-4,9-10H2,(H,26,27,29). The second-order valence-corrected chi connectivity index (χ2v) is 7.41. The number of aromatic nitrogens is 1. The van der Waals surface area contributed by atoms with Crippen LogP contribution in [0.25, 0.3) is 0 Å². The van der Waals surface area contributed by atoms with Crippen molar-refractivity contribution < 1.29 is 27.2 Å². The first-order chi connectivity index (χ1) is 14.1. The van der Waals surface area contributed by atoms with Gasteiger partial charge in [0.2, 0.25) is 5.91 Å². The molecule has 1 fully saturated rings. The van der Waals surface area contributed by atoms with Crippen LogP contribution in [0.4, 0.5) is 23.4 Å². The van der Waals surface area contributed by atoms with Gasteiger partial charge >= 0.3 is 6.18 Å². The molecule has 2 heterocycles. The summed E-state index contributed by atoms with van der Waals surface area (Å²) in [6, 6.07) is 5.66. The number of alkyl halides is 3. The Bertz CT molecular complexity index is 1100. The van der Waals surface area contributed by atoms with Crippen LogP contribution in [-0.2, 0) is 16.4 Å². The van der Waals surface area contributed by atoms with E-state index in [0.717, 1.165) is 30.5 Å². The summed E-state index contributed by atoms with van der Waals surface area (Å²) >= 11 is 0. The number of fused-ring (bicyclic) bond motifs is 2. The maximum Gasteiger partial charge on any atom is 0.416 e. The maximum atomic E-state index is 13.9. The number of nitrogens with one attached hydrogen (secondary N) is 1. The molecule has 1 aromatic heterocycles. The van der Waals surface area contributed by atoms with Crippen LogP contribution in [0.3, 0.4) is 0 Å². The molecule has 10 heteroatoms. The number of pyridine rings is 1. The maximum absolute atomic E-state index is 13.9. The van der Waals surface area contributed by atoms with Crippen LogP contribution in [0.1, 0.15) is 39.9 Å². The lowest BCUT2D eigenvalue weighted by Gasteiger charge is -2.34. The SMILES string of the molecule is N#Cc1cnc(NC(=O)CN2CC3(CC3)c3cc(C(F)(F)F)ccc3C2=O)c(F)c1. The fraction of sp³-hybridized carbons (Fsp3) is 0.300. The Balaban J connectivity index is 1.54. The quantitative estimate of drug-likeness (QED) is 0.776. The van der Waals surface area contributed by atoms with Crippen LogP contribution in [0.5, 0.6) is 0 Å². The minimum atomic E-state index is -4.51. The van der Waals surface area contributed by atoms with Gasteiger partial charge in [-0.15, -0.1) is 0 Å². The average Bonchev–Trinajstić information content (AvgIpc) is 3.46. The topological polar surface area (TPSA) is 86.1 Å². The van der Waals surface area contributed by atoms with Gasteiger partial charge in [0, 0.05) is 23.7 Å². The van der Waals surface area contributed by atoms with E-state index in [1.54, 1.807) is 6.07 Å². The predicted molar refractivity (Wildman–Crippen MR) is 95.8 cm³/mol. The molecule has 0 saturated heterocycles. The van der Waals surface area contributed by atoms with Gasteiger partial charge in [-0.05, 0) is 42.7 Å². The van der Waals surface area contributed by atoms with Gasteiger partial charge in [-0.1, -0.05) is 0 Å². The zero-order chi connectivity index (χ0) is 21.7. The Hall–Kier alpha value is -3.48. The lowest BCUT2D eigenvalue weighted by Crippen LogP contribution is -2.47. The van der Waals surface area contributed by atoms with Gasteiger partial charge in [-0.3, -0.25) is 9.59 Å². The molecule has 1 aromatic carbocycles. The molecule has 2 aromatic rings. The Kier molecular flexibility index (Phi) is 4.49. The summed E-state index contributed by atoms with van der Waals surface area (Å²) < 4.78 is 53.1. The summed E-state index contributed by atoms with van der Waals surface area (Å²) in [5.41, 5.74) is -0.917. The Morgan fingerprint density at radius 1 is 1.30 bits per heavy atom. The van der Waals surface area contributed by atoms with E-state index in [-0.39, 0.29) is 23.5 Å². The monoisotopic (exact) mass is 418 g/mol. The van der Waals surface area contributed by atoms with Crippen molar-refractivity contribution in [1.82, 2.24) is 9.88 Å². The van der Waals surface area contributed by atoms with Gasteiger partial charge in [0.05, 0.1) is 11.1 Å². The van der Waals surface area contributed by atoms with Crippen molar-refractivity contribution in [2.24, 2.45) is 0 Å². The minimum Gasteiger partial charge on any atom is -0.328 e. The molecule has 0 atom stereocenters. The van der Waals surface area contributed by atoms with Crippen LogP contribution in [0.2, 0.25) is 0 Å². The van der Waals surface area contributed by atoms with Gasteiger partial charge in [-0.2, -0.15) is 18.4 Å². The third kappa shape index (κ3) is 3.47. The summed E-state index contributed by atoms with van der Waals surface area (Å²) in [7, 11) is 0. The van der Waals surface area contributed by atoms with Gasteiger partial charge in [0.1, 0.15) is 12.6 Å². The first kappa shape index (κ1) is 19.8. The number of benzene rings is 1. The van der Waals surface area contributed by atoms with Crippen LogP contribution in [0, 0.1) is 17.1 Å². The van der Waals surface area contributed by atoms with Crippen LogP contribution >= 0.6 is 0 Å². The molecule has 1 aliphatic carbocycles. The number of nitrogens with zero attached hydrogens (tertiary/aromatic N) is 3. The molecule has 1 N–H and O–H groups in total. The molecular weight excluding hydrogens is 404 g/mol. The molecule has 6 nitrogen and oxygen atoms in total. The van der Waals surface area contributed by atoms with Gasteiger partial charge in [0.15, 0.2) is 11.6 Å². The fourth-order valence-electron chi connectivity index (χ4n) is 3.68. The minimum absolute atomic E-state index is 0.0118. The lowest BCUT2D eigenvalue weighted by molar-refractivity contribution is -0.137. The van der Waals surface area contributed by atoms with E-state index in [1.807, 2.05) is 0 Å². The van der Waals surface area contributed by atoms with Crippen molar-refractivity contribution in [3.63, 3.8) is 0 Å². The second kappa shape index (κ2) is 6.79. The number of amides is 2. The highest BCUT2D eigenvalue weighted by atomic mass is 19.4. The van der Waals surface area contributed by atoms with Crippen molar-refractivity contribution in [3.8, 4) is 6.07 Å². The van der Waals surface area contributed by atoms with Crippen LogP contribution < -0.4 is 5.32 Å². The molecule has 1 saturated carbocycles. The molecule has 0 bridgehead atoms. The number of carbonyl (C=O) groups is 2. The fourth-order valence-corrected chi connectivity index (χ4v) is 3.68. The summed E-state index contributed by atoms with van der Waals surface area (Å²) in [6.45, 7) is -0.293. The molecule has 1 aliphatic heterocycles. The number of hydrogen-bond donors (Lipinski definition) is 1. The lowest BCUT2D eigenvalue weighted by atomic mass is 9.85. The Morgan fingerprint density at radius 3 is 2.63 bits per heavy atom. The Labute approximate surface area is 168 Å². The largest absolute Gasteiger partial charge is 0.416 e. The smallest absolute Gasteiger partial charge is 0.328 e. The first-order valence-electron chi connectivity index (χ1n) is 8.99. The van der Waals surface area contributed by atoms with E-state index in [2.05, 4.69) is 10.3 Å². The molecule has 154 valence electrons. The van der Waals surface area contributed by atoms with Gasteiger partial charge in [-0.25, -0.2) is 9.37 Å². The van der Waals surface area contributed by atoms with Crippen molar-refractivity contribution in [2.75, 3.05) is 18.4 Å². The molecule has 2 amide bonds. The average molecular weight is 418 g/mol. The van der Waals surface area contributed by atoms with E-state index >= 15 is 0 Å². The zero-order valence-electron chi connectivity index (χ0n) is 15.4. The first-order valence-corrected chi connectivity index (χ1v) is 8.99. The number of rotatable bonds is 3. The third-order valence-electron chi connectivity index (χ3n) is 5.35. The molecule has 0 radical (unpaired) electrons. The predicted octanol–water partition coefficient (Wildman–Crippen LogP) is 3.24. The zero-order valence-corrected chi connectivity index (χ0v) is 15.4. The van der Waals surface area contributed by atoms with Gasteiger partial charge in [0.25, 0.3) is 5.91 Å². The molecule has 4 rings (SSSR count). The van der Waals surface area contributed by atoms with Crippen molar-refractivity contribution in [2.45, 2.75) is 24.4 Å². The molecular formula is C20H14F4N4O2. The van der Waals surface area contributed by atoms with E-state index < -0.39 is 41.3 Å². The summed E-state index contributed by atoms with van der Waals surface area (Å²) in [4.78, 5) is 30.0. The number of hydrogen-bond acceptors (Lipinski definition) is 4. The van der Waals surface area contributed by atoms with Crippen LogP contribution in [0.15, 0.2) is 30.5 Å². The molecule has 2 aliphatic rings. The molecule has 0 unspecified atom stereocenters. The number of halogens is 4. The van der Waals surface area contributed by atoms with E-state index in [4.69, 9.17) is 5.26 Å². The van der Waals surface area contributed by atoms with Crippen molar-refractivity contribution >= 4 is 17.6 Å². The summed E-state index contributed by atoms with van der Waals surface area (Å²) in [5, 5.41) is 11.0. The van der Waals surface area contributed by atoms with Crippen molar-refractivity contribution in [1.29, 1.82) is 5.26 Å². The van der Waals surface area contributed by atoms with Crippen LogP contribution in [-0.4, -0.2) is 34.8 Å². The summed E-state index contributed by atoms with van der Waals surface area (Å²) in [6.07, 6.45) is -2.20. The summed E-state index contributed by atoms with van der Waals surface area (Å²) in [5.74, 6) is -2.53. The second-order valence-electron chi connectivity index (χ2n) is 7.41.